The molecule has 0 aliphatic rings. The molecule has 32 heavy (non-hydrogen) atoms. The third kappa shape index (κ3) is 5.60. The van der Waals surface area contributed by atoms with Crippen LogP contribution in [0.1, 0.15) is 43.9 Å². The highest BCUT2D eigenvalue weighted by molar-refractivity contribution is 7.14. The number of thiazole rings is 1. The Balaban J connectivity index is 1.62. The standard InChI is InChI=1S/C23H25N3O4S2/c1-13-8-14(2)21(15(3)9-13)26(17(5)27)23-25-18(12-31-23)11-30-20(28)10-24-22(29)19-7-6-16(4)32-19/h6-9,12H,10-11H2,1-5H3,(H,24,29). The van der Waals surface area contributed by atoms with Crippen LogP contribution in [0, 0.1) is 27.7 Å². The number of carbonyl (C=O) groups excluding carboxylic acids is 3. The van der Waals surface area contributed by atoms with E-state index in [1.807, 2.05) is 45.9 Å². The number of esters is 1. The molecule has 0 aliphatic carbocycles. The molecular formula is C23H25N3O4S2. The van der Waals surface area contributed by atoms with E-state index in [4.69, 9.17) is 4.74 Å². The molecule has 0 saturated heterocycles. The molecular weight excluding hydrogens is 446 g/mol. The van der Waals surface area contributed by atoms with Crippen molar-refractivity contribution in [2.45, 2.75) is 41.2 Å². The van der Waals surface area contributed by atoms with Crippen molar-refractivity contribution in [2.75, 3.05) is 11.4 Å². The van der Waals surface area contributed by atoms with Crippen molar-refractivity contribution in [3.05, 3.63) is 61.8 Å². The van der Waals surface area contributed by atoms with Gasteiger partial charge in [-0.2, -0.15) is 0 Å². The van der Waals surface area contributed by atoms with E-state index in [0.717, 1.165) is 27.3 Å². The van der Waals surface area contributed by atoms with Crippen LogP contribution in [0.5, 0.6) is 0 Å². The second-order valence-corrected chi connectivity index (χ2v) is 9.60. The molecule has 0 fully saturated rings. The zero-order valence-corrected chi connectivity index (χ0v) is 20.3. The largest absolute Gasteiger partial charge is 0.458 e. The van der Waals surface area contributed by atoms with Crippen molar-refractivity contribution in [1.29, 1.82) is 0 Å². The van der Waals surface area contributed by atoms with E-state index >= 15 is 0 Å². The second kappa shape index (κ2) is 10.1. The van der Waals surface area contributed by atoms with Gasteiger partial charge >= 0.3 is 5.97 Å². The normalized spacial score (nSPS) is 10.7. The molecule has 0 bridgehead atoms. The second-order valence-electron chi connectivity index (χ2n) is 7.48. The van der Waals surface area contributed by atoms with Crippen LogP contribution in [0.4, 0.5) is 10.8 Å². The summed E-state index contributed by atoms with van der Waals surface area (Å²) in [5.41, 5.74) is 4.44. The molecule has 7 nitrogen and oxygen atoms in total. The summed E-state index contributed by atoms with van der Waals surface area (Å²) in [6, 6.07) is 7.62. The van der Waals surface area contributed by atoms with Crippen LogP contribution in [0.15, 0.2) is 29.6 Å². The van der Waals surface area contributed by atoms with Crippen LogP contribution in [-0.2, 0) is 20.9 Å². The topological polar surface area (TPSA) is 88.6 Å². The number of anilines is 2. The highest BCUT2D eigenvalue weighted by Gasteiger charge is 2.22. The van der Waals surface area contributed by atoms with Gasteiger partial charge in [0.2, 0.25) is 5.91 Å². The lowest BCUT2D eigenvalue weighted by Crippen LogP contribution is -2.30. The first-order chi connectivity index (χ1) is 15.2. The fourth-order valence-electron chi connectivity index (χ4n) is 3.38. The maximum atomic E-state index is 12.4. The molecule has 1 N–H and O–H groups in total. The molecule has 3 rings (SSSR count). The first kappa shape index (κ1) is 23.6. The van der Waals surface area contributed by atoms with Gasteiger partial charge in [0.15, 0.2) is 5.13 Å². The number of rotatable bonds is 7. The number of aryl methyl sites for hydroxylation is 4. The maximum Gasteiger partial charge on any atom is 0.325 e. The van der Waals surface area contributed by atoms with Gasteiger partial charge in [-0.1, -0.05) is 17.7 Å². The van der Waals surface area contributed by atoms with Gasteiger partial charge < -0.3 is 10.1 Å². The number of nitrogens with zero attached hydrogens (tertiary/aromatic N) is 2. The smallest absolute Gasteiger partial charge is 0.325 e. The van der Waals surface area contributed by atoms with Crippen LogP contribution in [0.25, 0.3) is 0 Å². The Labute approximate surface area is 195 Å². The molecule has 2 aromatic heterocycles. The first-order valence-electron chi connectivity index (χ1n) is 9.99. The minimum absolute atomic E-state index is 0.0408. The van der Waals surface area contributed by atoms with Crippen molar-refractivity contribution in [3.63, 3.8) is 0 Å². The fraction of sp³-hybridized carbons (Fsp3) is 0.304. The fourth-order valence-corrected chi connectivity index (χ4v) is 5.02. The summed E-state index contributed by atoms with van der Waals surface area (Å²) < 4.78 is 5.23. The third-order valence-corrected chi connectivity index (χ3v) is 6.52. The number of amides is 2. The SMILES string of the molecule is CC(=O)N(c1nc(COC(=O)CNC(=O)c2ccc(C)s2)cs1)c1c(C)cc(C)cc1C. The monoisotopic (exact) mass is 471 g/mol. The average molecular weight is 472 g/mol. The molecule has 9 heteroatoms. The summed E-state index contributed by atoms with van der Waals surface area (Å²) in [7, 11) is 0. The minimum atomic E-state index is -0.560. The van der Waals surface area contributed by atoms with Gasteiger partial charge in [0.25, 0.3) is 5.91 Å². The summed E-state index contributed by atoms with van der Waals surface area (Å²) in [5, 5.41) is 4.82. The van der Waals surface area contributed by atoms with E-state index < -0.39 is 5.97 Å². The van der Waals surface area contributed by atoms with Gasteiger partial charge in [-0.3, -0.25) is 19.3 Å². The minimum Gasteiger partial charge on any atom is -0.458 e. The zero-order chi connectivity index (χ0) is 23.4. The Morgan fingerprint density at radius 3 is 2.38 bits per heavy atom. The van der Waals surface area contributed by atoms with E-state index in [2.05, 4.69) is 10.3 Å². The summed E-state index contributed by atoms with van der Waals surface area (Å²) >= 11 is 2.67. The lowest BCUT2D eigenvalue weighted by Gasteiger charge is -2.23. The Morgan fingerprint density at radius 1 is 1.09 bits per heavy atom. The van der Waals surface area contributed by atoms with E-state index in [0.29, 0.717) is 15.7 Å². The average Bonchev–Trinajstić information content (AvgIpc) is 3.35. The summed E-state index contributed by atoms with van der Waals surface area (Å²) in [5.74, 6) is -1.02. The molecule has 3 aromatic rings. The van der Waals surface area contributed by atoms with Gasteiger partial charge in [0, 0.05) is 17.2 Å². The molecule has 0 radical (unpaired) electrons. The molecule has 2 amide bonds. The molecule has 0 spiro atoms. The Hall–Kier alpha value is -3.04. The van der Waals surface area contributed by atoms with Crippen LogP contribution in [-0.4, -0.2) is 29.3 Å². The number of nitrogens with one attached hydrogen (secondary N) is 1. The quantitative estimate of drug-likeness (QED) is 0.509. The number of carbonyl (C=O) groups is 3. The predicted molar refractivity (Wildman–Crippen MR) is 127 cm³/mol. The molecule has 0 unspecified atom stereocenters. The van der Waals surface area contributed by atoms with Crippen LogP contribution >= 0.6 is 22.7 Å². The Morgan fingerprint density at radius 2 is 1.78 bits per heavy atom. The zero-order valence-electron chi connectivity index (χ0n) is 18.6. The van der Waals surface area contributed by atoms with Crippen molar-refractivity contribution < 1.29 is 19.1 Å². The number of hydrogen-bond donors (Lipinski definition) is 1. The van der Waals surface area contributed by atoms with Crippen molar-refractivity contribution >= 4 is 51.3 Å². The van der Waals surface area contributed by atoms with Crippen LogP contribution in [0.3, 0.4) is 0 Å². The lowest BCUT2D eigenvalue weighted by atomic mass is 10.0. The molecule has 168 valence electrons. The van der Waals surface area contributed by atoms with Gasteiger partial charge in [0.05, 0.1) is 16.3 Å². The molecule has 0 saturated carbocycles. The Bertz CT molecular complexity index is 1140. The number of aromatic nitrogens is 1. The molecule has 2 heterocycles. The van der Waals surface area contributed by atoms with Crippen molar-refractivity contribution in [3.8, 4) is 0 Å². The molecule has 0 atom stereocenters. The summed E-state index contributed by atoms with van der Waals surface area (Å²) in [6.45, 7) is 9.08. The third-order valence-electron chi connectivity index (χ3n) is 4.64. The van der Waals surface area contributed by atoms with E-state index in [1.54, 1.807) is 16.3 Å². The van der Waals surface area contributed by atoms with E-state index in [9.17, 15) is 14.4 Å². The lowest BCUT2D eigenvalue weighted by molar-refractivity contribution is -0.143. The predicted octanol–water partition coefficient (Wildman–Crippen LogP) is 4.60. The van der Waals surface area contributed by atoms with Crippen LogP contribution < -0.4 is 10.2 Å². The number of ether oxygens (including phenoxy) is 1. The molecule has 0 aliphatic heterocycles. The highest BCUT2D eigenvalue weighted by atomic mass is 32.1. The highest BCUT2D eigenvalue weighted by Crippen LogP contribution is 2.34. The van der Waals surface area contributed by atoms with Crippen molar-refractivity contribution in [1.82, 2.24) is 10.3 Å². The number of benzene rings is 1. The first-order valence-corrected chi connectivity index (χ1v) is 11.7. The van der Waals surface area contributed by atoms with Crippen molar-refractivity contribution in [2.24, 2.45) is 0 Å². The van der Waals surface area contributed by atoms with E-state index in [1.165, 1.54) is 29.6 Å². The van der Waals surface area contributed by atoms with Crippen LogP contribution in [0.2, 0.25) is 0 Å². The van der Waals surface area contributed by atoms with Gasteiger partial charge in [-0.25, -0.2) is 4.98 Å². The molecule has 1 aromatic carbocycles. The summed E-state index contributed by atoms with van der Waals surface area (Å²) in [4.78, 5) is 44.1. The maximum absolute atomic E-state index is 12.4. The van der Waals surface area contributed by atoms with Gasteiger partial charge in [-0.05, 0) is 51.0 Å². The Kier molecular flexibility index (Phi) is 7.42. The van der Waals surface area contributed by atoms with Gasteiger partial charge in [-0.15, -0.1) is 22.7 Å². The van der Waals surface area contributed by atoms with Gasteiger partial charge in [0.1, 0.15) is 13.2 Å². The number of hydrogen-bond acceptors (Lipinski definition) is 7. The van der Waals surface area contributed by atoms with E-state index in [-0.39, 0.29) is 25.0 Å². The number of thiophene rings is 1. The summed E-state index contributed by atoms with van der Waals surface area (Å²) in [6.07, 6.45) is 0.